The van der Waals surface area contributed by atoms with Crippen LogP contribution in [0.15, 0.2) is 40.4 Å². The molecule has 2 heterocycles. The van der Waals surface area contributed by atoms with E-state index in [4.69, 9.17) is 11.5 Å². The Hall–Kier alpha value is -2.96. The quantitative estimate of drug-likeness (QED) is 0.209. The maximum absolute atomic E-state index is 13.5. The van der Waals surface area contributed by atoms with Crippen LogP contribution in [0.1, 0.15) is 38.2 Å². The number of fused-ring (bicyclic) bond motifs is 1. The molecule has 0 aliphatic carbocycles. The highest BCUT2D eigenvalue weighted by Crippen LogP contribution is 2.26. The summed E-state index contributed by atoms with van der Waals surface area (Å²) in [5.41, 5.74) is 11.9. The number of nitrogens with one attached hydrogen (secondary N) is 1. The Kier molecular flexibility index (Phi) is 10.0. The van der Waals surface area contributed by atoms with Crippen molar-refractivity contribution in [2.45, 2.75) is 56.5 Å². The predicted molar refractivity (Wildman–Crippen MR) is 139 cm³/mol. The number of carboxylic acids is 1. The van der Waals surface area contributed by atoms with Crippen LogP contribution in [0.5, 0.6) is 0 Å². The molecule has 11 nitrogen and oxygen atoms in total. The Bertz CT molecular complexity index is 1230. The van der Waals surface area contributed by atoms with Gasteiger partial charge in [-0.25, -0.2) is 13.2 Å². The molecule has 198 valence electrons. The lowest BCUT2D eigenvalue weighted by atomic mass is 9.91. The first-order valence-electron chi connectivity index (χ1n) is 11.5. The molecule has 1 saturated heterocycles. The molecule has 1 fully saturated rings. The van der Waals surface area contributed by atoms with Crippen LogP contribution in [0.4, 0.5) is 0 Å². The molecule has 13 heteroatoms. The number of hydrogen-bond donors (Lipinski definition) is 4. The third-order valence-corrected chi connectivity index (χ3v) is 7.58. The first-order chi connectivity index (χ1) is 16.5. The van der Waals surface area contributed by atoms with Crippen molar-refractivity contribution in [3.8, 4) is 0 Å². The van der Waals surface area contributed by atoms with Gasteiger partial charge in [0, 0.05) is 24.7 Å². The number of carbonyl (C=O) groups excluding carboxylic acids is 1. The van der Waals surface area contributed by atoms with Gasteiger partial charge >= 0.3 is 5.97 Å². The number of benzene rings is 1. The normalized spacial score (nSPS) is 18.8. The number of amides is 1. The number of sulfonamides is 1. The molecule has 2 aromatic rings. The van der Waals surface area contributed by atoms with Gasteiger partial charge in [0.05, 0.1) is 5.52 Å². The van der Waals surface area contributed by atoms with Crippen molar-refractivity contribution >= 4 is 51.2 Å². The molecule has 1 amide bonds. The molecule has 1 aliphatic rings. The van der Waals surface area contributed by atoms with Gasteiger partial charge in [0.15, 0.2) is 5.96 Å². The number of aromatic nitrogens is 1. The van der Waals surface area contributed by atoms with Gasteiger partial charge in [0.1, 0.15) is 17.0 Å². The van der Waals surface area contributed by atoms with E-state index in [1.807, 2.05) is 19.9 Å². The average molecular weight is 541 g/mol. The third-order valence-electron chi connectivity index (χ3n) is 6.07. The van der Waals surface area contributed by atoms with Crippen molar-refractivity contribution < 1.29 is 23.1 Å². The second kappa shape index (κ2) is 12.3. The molecule has 1 aromatic heterocycles. The molecule has 0 bridgehead atoms. The van der Waals surface area contributed by atoms with E-state index < -0.39 is 34.0 Å². The summed E-state index contributed by atoms with van der Waals surface area (Å²) < 4.78 is 29.4. The monoisotopic (exact) mass is 540 g/mol. The molecule has 1 aromatic carbocycles. The molecule has 3 atom stereocenters. The van der Waals surface area contributed by atoms with E-state index in [9.17, 15) is 23.1 Å². The number of halogens is 1. The minimum Gasteiger partial charge on any atom is -0.480 e. The second-order valence-corrected chi connectivity index (χ2v) is 10.7. The largest absolute Gasteiger partial charge is 0.480 e. The Balaban J connectivity index is 0.00000456. The van der Waals surface area contributed by atoms with Gasteiger partial charge < -0.3 is 21.5 Å². The fourth-order valence-corrected chi connectivity index (χ4v) is 5.69. The van der Waals surface area contributed by atoms with E-state index in [0.717, 1.165) is 5.56 Å². The zero-order valence-electron chi connectivity index (χ0n) is 20.3. The molecule has 36 heavy (non-hydrogen) atoms. The van der Waals surface area contributed by atoms with Crippen LogP contribution in [-0.4, -0.2) is 66.4 Å². The molecule has 3 rings (SSSR count). The fraction of sp³-hybridized carbons (Fsp3) is 0.478. The van der Waals surface area contributed by atoms with Gasteiger partial charge in [-0.05, 0) is 56.2 Å². The molecule has 0 spiro atoms. The number of carboxylic acid groups (broad SMARTS) is 1. The zero-order chi connectivity index (χ0) is 25.8. The predicted octanol–water partition coefficient (Wildman–Crippen LogP) is 1.38. The number of guanidine groups is 1. The van der Waals surface area contributed by atoms with Crippen molar-refractivity contribution in [3.05, 3.63) is 36.0 Å². The fourth-order valence-electron chi connectivity index (χ4n) is 4.29. The van der Waals surface area contributed by atoms with Crippen molar-refractivity contribution in [1.82, 2.24) is 14.6 Å². The number of likely N-dealkylation sites (tertiary alicyclic amines) is 1. The maximum Gasteiger partial charge on any atom is 0.326 e. The summed E-state index contributed by atoms with van der Waals surface area (Å²) >= 11 is 0. The number of para-hydroxylation sites is 1. The van der Waals surface area contributed by atoms with Gasteiger partial charge in [-0.1, -0.05) is 19.1 Å². The first-order valence-corrected chi connectivity index (χ1v) is 12.9. The van der Waals surface area contributed by atoms with E-state index in [2.05, 4.69) is 14.7 Å². The molecule has 1 aliphatic heterocycles. The van der Waals surface area contributed by atoms with Crippen LogP contribution in [-0.2, 0) is 19.6 Å². The molecule has 0 unspecified atom stereocenters. The third kappa shape index (κ3) is 7.05. The van der Waals surface area contributed by atoms with Crippen molar-refractivity contribution in [2.24, 2.45) is 22.4 Å². The van der Waals surface area contributed by atoms with Gasteiger partial charge in [-0.3, -0.25) is 14.8 Å². The maximum atomic E-state index is 13.5. The van der Waals surface area contributed by atoms with Crippen LogP contribution in [0, 0.1) is 12.8 Å². The molecular formula is C23H33ClN6O5S. The summed E-state index contributed by atoms with van der Waals surface area (Å²) in [4.78, 5) is 34.8. The van der Waals surface area contributed by atoms with Crippen LogP contribution < -0.4 is 16.2 Å². The van der Waals surface area contributed by atoms with E-state index in [0.29, 0.717) is 24.6 Å². The topological polar surface area (TPSA) is 181 Å². The number of piperidine rings is 1. The van der Waals surface area contributed by atoms with E-state index in [1.54, 1.807) is 18.3 Å². The molecule has 0 radical (unpaired) electrons. The van der Waals surface area contributed by atoms with Crippen molar-refractivity contribution in [1.29, 1.82) is 0 Å². The van der Waals surface area contributed by atoms with E-state index in [-0.39, 0.29) is 54.2 Å². The molecule has 0 saturated carbocycles. The first kappa shape index (κ1) is 29.3. The molecule has 6 N–H and O–H groups in total. The van der Waals surface area contributed by atoms with Crippen LogP contribution in [0.2, 0.25) is 0 Å². The highest BCUT2D eigenvalue weighted by atomic mass is 35.5. The lowest BCUT2D eigenvalue weighted by Crippen LogP contribution is -2.56. The number of aryl methyl sites for hydroxylation is 1. The summed E-state index contributed by atoms with van der Waals surface area (Å²) in [7, 11) is -4.18. The molecular weight excluding hydrogens is 508 g/mol. The summed E-state index contributed by atoms with van der Waals surface area (Å²) in [5.74, 6) is -1.66. The van der Waals surface area contributed by atoms with Crippen LogP contribution in [0.25, 0.3) is 10.9 Å². The van der Waals surface area contributed by atoms with E-state index in [1.165, 1.54) is 11.0 Å². The van der Waals surface area contributed by atoms with Gasteiger partial charge in [0.2, 0.25) is 15.9 Å². The summed E-state index contributed by atoms with van der Waals surface area (Å²) in [6, 6.07) is 4.42. The van der Waals surface area contributed by atoms with Crippen LogP contribution in [0.3, 0.4) is 0 Å². The lowest BCUT2D eigenvalue weighted by Gasteiger charge is -2.38. The lowest BCUT2D eigenvalue weighted by molar-refractivity contribution is -0.153. The van der Waals surface area contributed by atoms with Crippen molar-refractivity contribution in [2.75, 3.05) is 13.1 Å². The Morgan fingerprint density at radius 3 is 2.72 bits per heavy atom. The highest BCUT2D eigenvalue weighted by molar-refractivity contribution is 7.89. The summed E-state index contributed by atoms with van der Waals surface area (Å²) in [6.07, 6.45) is 2.92. The Morgan fingerprint density at radius 2 is 2.06 bits per heavy atom. The summed E-state index contributed by atoms with van der Waals surface area (Å²) in [5, 5.41) is 10.3. The number of nitrogens with two attached hydrogens (primary N) is 2. The number of pyridine rings is 1. The van der Waals surface area contributed by atoms with Crippen LogP contribution >= 0.6 is 12.4 Å². The van der Waals surface area contributed by atoms with Gasteiger partial charge in [-0.2, -0.15) is 4.72 Å². The second-order valence-electron chi connectivity index (χ2n) is 8.98. The Labute approximate surface area is 216 Å². The number of hydrogen-bond acceptors (Lipinski definition) is 6. The number of carbonyl (C=O) groups is 2. The zero-order valence-corrected chi connectivity index (χ0v) is 21.9. The standard InChI is InChI=1S/C23H32N6O5S.ClH/c1-14-8-10-29(18(12-14)22(31)32)21(30)17(6-4-9-26-23(24)25)28-35(33,34)19-7-3-5-16-11-15(2)13-27-20(16)19;/h3,5,7,11,13-14,17-18,28H,4,6,8-10,12H2,1-2H3,(H,31,32)(H4,24,25,26);1H/t14-,17+,18-;/m1./s1. The average Bonchev–Trinajstić information content (AvgIpc) is 2.79. The summed E-state index contributed by atoms with van der Waals surface area (Å²) in [6.45, 7) is 4.22. The van der Waals surface area contributed by atoms with Crippen molar-refractivity contribution in [3.63, 3.8) is 0 Å². The van der Waals surface area contributed by atoms with Gasteiger partial charge in [-0.15, -0.1) is 12.4 Å². The number of aliphatic imine (C=N–C) groups is 1. The number of nitrogens with zero attached hydrogens (tertiary/aromatic N) is 3. The SMILES string of the molecule is Cc1cnc2c(S(=O)(=O)N[C@@H](CCCN=C(N)N)C(=O)N3CC[C@@H](C)C[C@@H]3C(=O)O)cccc2c1.Cl. The Morgan fingerprint density at radius 1 is 1.33 bits per heavy atom. The van der Waals surface area contributed by atoms with E-state index >= 15 is 0 Å². The minimum atomic E-state index is -4.18. The minimum absolute atomic E-state index is 0. The van der Waals surface area contributed by atoms with Gasteiger partial charge in [0.25, 0.3) is 0 Å². The smallest absolute Gasteiger partial charge is 0.326 e. The number of rotatable bonds is 9. The highest BCUT2D eigenvalue weighted by Gasteiger charge is 2.39. The number of aliphatic carboxylic acids is 1.